The van der Waals surface area contributed by atoms with E-state index in [0.29, 0.717) is 30.8 Å². The van der Waals surface area contributed by atoms with E-state index in [1.165, 1.54) is 0 Å². The highest BCUT2D eigenvalue weighted by Gasteiger charge is 2.30. The largest absolute Gasteiger partial charge is 0.494 e. The summed E-state index contributed by atoms with van der Waals surface area (Å²) >= 11 is 0. The fraction of sp³-hybridized carbons (Fsp3) is 0.579. The van der Waals surface area contributed by atoms with Gasteiger partial charge in [-0.05, 0) is 57.1 Å². The average Bonchev–Trinajstić information content (AvgIpc) is 3.36. The standard InChI is InChI=1S/C19H25N3O4/c1-2-23-16-5-3-14(4-6-16)18-20-17(26-21-18)13-22-9-7-15(8-10-22)19-24-11-12-25-19/h3-6,15,19H,2,7-13H2,1H3. The van der Waals surface area contributed by atoms with E-state index in [1.54, 1.807) is 0 Å². The SMILES string of the molecule is CCOc1ccc(-c2noc(CN3CCC(C4OCCO4)CC3)n2)cc1. The second kappa shape index (κ2) is 8.16. The maximum Gasteiger partial charge on any atom is 0.241 e. The van der Waals surface area contributed by atoms with E-state index >= 15 is 0 Å². The van der Waals surface area contributed by atoms with Gasteiger partial charge in [0.05, 0.1) is 26.4 Å². The van der Waals surface area contributed by atoms with Crippen molar-refractivity contribution in [3.8, 4) is 17.1 Å². The van der Waals surface area contributed by atoms with E-state index < -0.39 is 0 Å². The number of benzene rings is 1. The van der Waals surface area contributed by atoms with Gasteiger partial charge in [-0.15, -0.1) is 0 Å². The van der Waals surface area contributed by atoms with Gasteiger partial charge in [0, 0.05) is 11.5 Å². The Morgan fingerprint density at radius 1 is 1.12 bits per heavy atom. The topological polar surface area (TPSA) is 69.9 Å². The Morgan fingerprint density at radius 2 is 1.85 bits per heavy atom. The Bertz CT molecular complexity index is 689. The summed E-state index contributed by atoms with van der Waals surface area (Å²) in [5.74, 6) is 2.61. The van der Waals surface area contributed by atoms with E-state index in [4.69, 9.17) is 18.7 Å². The zero-order chi connectivity index (χ0) is 17.8. The molecule has 1 aromatic heterocycles. The molecule has 0 spiro atoms. The van der Waals surface area contributed by atoms with E-state index in [2.05, 4.69) is 15.0 Å². The lowest BCUT2D eigenvalue weighted by Gasteiger charge is -2.32. The second-order valence-electron chi connectivity index (χ2n) is 6.69. The molecule has 2 aliphatic rings. The lowest BCUT2D eigenvalue weighted by molar-refractivity contribution is -0.0981. The Hall–Kier alpha value is -1.96. The molecular formula is C19H25N3O4. The van der Waals surface area contributed by atoms with Crippen LogP contribution in [-0.4, -0.2) is 54.2 Å². The molecule has 7 nitrogen and oxygen atoms in total. The summed E-state index contributed by atoms with van der Waals surface area (Å²) in [5.41, 5.74) is 0.928. The first-order valence-electron chi connectivity index (χ1n) is 9.33. The van der Waals surface area contributed by atoms with Gasteiger partial charge in [0.2, 0.25) is 11.7 Å². The van der Waals surface area contributed by atoms with Crippen LogP contribution in [0.4, 0.5) is 0 Å². The summed E-state index contributed by atoms with van der Waals surface area (Å²) in [5, 5.41) is 4.11. The molecule has 2 saturated heterocycles. The molecule has 3 heterocycles. The minimum absolute atomic E-state index is 0.00758. The van der Waals surface area contributed by atoms with Crippen LogP contribution in [0.1, 0.15) is 25.7 Å². The number of nitrogens with zero attached hydrogens (tertiary/aromatic N) is 3. The number of likely N-dealkylation sites (tertiary alicyclic amines) is 1. The number of rotatable bonds is 6. The van der Waals surface area contributed by atoms with Gasteiger partial charge in [0.1, 0.15) is 5.75 Å². The molecular weight excluding hydrogens is 334 g/mol. The van der Waals surface area contributed by atoms with Crippen LogP contribution in [-0.2, 0) is 16.0 Å². The predicted molar refractivity (Wildman–Crippen MR) is 94.6 cm³/mol. The molecule has 0 radical (unpaired) electrons. The number of hydrogen-bond acceptors (Lipinski definition) is 7. The van der Waals surface area contributed by atoms with Crippen molar-refractivity contribution in [2.45, 2.75) is 32.6 Å². The first-order valence-corrected chi connectivity index (χ1v) is 9.33. The zero-order valence-corrected chi connectivity index (χ0v) is 15.1. The quantitative estimate of drug-likeness (QED) is 0.785. The van der Waals surface area contributed by atoms with E-state index in [1.807, 2.05) is 31.2 Å². The number of hydrogen-bond donors (Lipinski definition) is 0. The minimum Gasteiger partial charge on any atom is -0.494 e. The molecule has 0 unspecified atom stereocenters. The normalized spacial score (nSPS) is 19.9. The van der Waals surface area contributed by atoms with Gasteiger partial charge >= 0.3 is 0 Å². The summed E-state index contributed by atoms with van der Waals surface area (Å²) in [6.45, 7) is 6.74. The first-order chi connectivity index (χ1) is 12.8. The summed E-state index contributed by atoms with van der Waals surface area (Å²) in [4.78, 5) is 6.89. The van der Waals surface area contributed by atoms with Crippen LogP contribution in [0.5, 0.6) is 5.75 Å². The second-order valence-corrected chi connectivity index (χ2v) is 6.69. The summed E-state index contributed by atoms with van der Waals surface area (Å²) in [6.07, 6.45) is 2.14. The fourth-order valence-electron chi connectivity index (χ4n) is 3.53. The monoisotopic (exact) mass is 359 g/mol. The van der Waals surface area contributed by atoms with Gasteiger partial charge in [-0.2, -0.15) is 4.98 Å². The highest BCUT2D eigenvalue weighted by Crippen LogP contribution is 2.27. The van der Waals surface area contributed by atoms with Crippen molar-refractivity contribution in [3.63, 3.8) is 0 Å². The van der Waals surface area contributed by atoms with E-state index in [9.17, 15) is 0 Å². The Kier molecular flexibility index (Phi) is 5.48. The summed E-state index contributed by atoms with van der Waals surface area (Å²) in [6, 6.07) is 7.75. The third-order valence-corrected chi connectivity index (χ3v) is 4.92. The third kappa shape index (κ3) is 4.06. The van der Waals surface area contributed by atoms with Crippen molar-refractivity contribution in [2.24, 2.45) is 5.92 Å². The van der Waals surface area contributed by atoms with Crippen molar-refractivity contribution >= 4 is 0 Å². The van der Waals surface area contributed by atoms with Crippen LogP contribution >= 0.6 is 0 Å². The minimum atomic E-state index is -0.00758. The number of ether oxygens (including phenoxy) is 3. The van der Waals surface area contributed by atoms with Crippen LogP contribution in [0.15, 0.2) is 28.8 Å². The molecule has 1 aromatic carbocycles. The highest BCUT2D eigenvalue weighted by atomic mass is 16.7. The predicted octanol–water partition coefficient (Wildman–Crippen LogP) is 2.72. The van der Waals surface area contributed by atoms with Gasteiger partial charge in [-0.1, -0.05) is 5.16 Å². The van der Waals surface area contributed by atoms with E-state index in [-0.39, 0.29) is 6.29 Å². The maximum absolute atomic E-state index is 5.63. The Morgan fingerprint density at radius 3 is 2.54 bits per heavy atom. The molecule has 0 amide bonds. The Balaban J connectivity index is 1.31. The molecule has 0 aliphatic carbocycles. The van der Waals surface area contributed by atoms with Crippen LogP contribution in [0.25, 0.3) is 11.4 Å². The average molecular weight is 359 g/mol. The van der Waals surface area contributed by atoms with Crippen molar-refractivity contribution in [3.05, 3.63) is 30.2 Å². The smallest absolute Gasteiger partial charge is 0.241 e. The lowest BCUT2D eigenvalue weighted by atomic mass is 9.96. The van der Waals surface area contributed by atoms with E-state index in [0.717, 1.165) is 50.5 Å². The van der Waals surface area contributed by atoms with Crippen molar-refractivity contribution in [1.29, 1.82) is 0 Å². The maximum atomic E-state index is 5.63. The molecule has 0 atom stereocenters. The third-order valence-electron chi connectivity index (χ3n) is 4.92. The van der Waals surface area contributed by atoms with Crippen LogP contribution < -0.4 is 4.74 Å². The lowest BCUT2D eigenvalue weighted by Crippen LogP contribution is -2.37. The molecule has 2 aromatic rings. The molecule has 0 saturated carbocycles. The molecule has 0 bridgehead atoms. The molecule has 26 heavy (non-hydrogen) atoms. The van der Waals surface area contributed by atoms with Crippen LogP contribution in [0.2, 0.25) is 0 Å². The number of aromatic nitrogens is 2. The van der Waals surface area contributed by atoms with Gasteiger partial charge in [-0.3, -0.25) is 4.90 Å². The first kappa shape index (κ1) is 17.5. The van der Waals surface area contributed by atoms with Crippen molar-refractivity contribution < 1.29 is 18.7 Å². The van der Waals surface area contributed by atoms with Crippen molar-refractivity contribution in [2.75, 3.05) is 32.9 Å². The van der Waals surface area contributed by atoms with Gasteiger partial charge in [-0.25, -0.2) is 0 Å². The fourth-order valence-corrected chi connectivity index (χ4v) is 3.53. The molecule has 2 fully saturated rings. The van der Waals surface area contributed by atoms with Gasteiger partial charge in [0.15, 0.2) is 6.29 Å². The van der Waals surface area contributed by atoms with Crippen LogP contribution in [0.3, 0.4) is 0 Å². The zero-order valence-electron chi connectivity index (χ0n) is 15.1. The van der Waals surface area contributed by atoms with Crippen molar-refractivity contribution in [1.82, 2.24) is 15.0 Å². The molecule has 140 valence electrons. The van der Waals surface area contributed by atoms with Crippen LogP contribution in [0, 0.1) is 5.92 Å². The molecule has 2 aliphatic heterocycles. The molecule has 0 N–H and O–H groups in total. The summed E-state index contributed by atoms with van der Waals surface area (Å²) in [7, 11) is 0. The highest BCUT2D eigenvalue weighted by molar-refractivity contribution is 5.55. The van der Waals surface area contributed by atoms with Gasteiger partial charge in [0.25, 0.3) is 0 Å². The number of piperidine rings is 1. The Labute approximate surface area is 153 Å². The summed E-state index contributed by atoms with van der Waals surface area (Å²) < 4.78 is 22.2. The molecule has 7 heteroatoms. The van der Waals surface area contributed by atoms with Gasteiger partial charge < -0.3 is 18.7 Å². The molecule has 4 rings (SSSR count).